The zero-order valence-corrected chi connectivity index (χ0v) is 15.6. The van der Waals surface area contributed by atoms with Crippen LogP contribution in [0.5, 0.6) is 5.75 Å². The summed E-state index contributed by atoms with van der Waals surface area (Å²) in [6, 6.07) is 13.2. The van der Waals surface area contributed by atoms with Crippen LogP contribution in [0.15, 0.2) is 48.5 Å². The first kappa shape index (κ1) is 18.0. The average Bonchev–Trinajstić information content (AvgIpc) is 3.22. The van der Waals surface area contributed by atoms with Gasteiger partial charge in [-0.15, -0.1) is 5.10 Å². The van der Waals surface area contributed by atoms with Crippen molar-refractivity contribution in [1.82, 2.24) is 14.8 Å². The van der Waals surface area contributed by atoms with Crippen LogP contribution in [0.3, 0.4) is 0 Å². The number of rotatable bonds is 5. The maximum absolute atomic E-state index is 12.4. The SMILES string of the molecule is COc1ccc(-c2nc3n(n2)[C@@H](CC(=O)Nc2ccc(Cl)cc2)C(=O)N3)cc1. The number of nitrogens with zero attached hydrogens (tertiary/aromatic N) is 3. The van der Waals surface area contributed by atoms with Crippen LogP contribution < -0.4 is 15.4 Å². The third-order valence-electron chi connectivity index (χ3n) is 4.32. The fourth-order valence-electron chi connectivity index (χ4n) is 2.89. The van der Waals surface area contributed by atoms with Crippen molar-refractivity contribution in [3.63, 3.8) is 0 Å². The number of halogens is 1. The Morgan fingerprint density at radius 1 is 1.21 bits per heavy atom. The molecule has 4 rings (SSSR count). The summed E-state index contributed by atoms with van der Waals surface area (Å²) in [7, 11) is 1.59. The number of methoxy groups -OCH3 is 1. The zero-order valence-electron chi connectivity index (χ0n) is 14.8. The van der Waals surface area contributed by atoms with Crippen LogP contribution >= 0.6 is 11.6 Å². The first-order valence-electron chi connectivity index (χ1n) is 8.51. The van der Waals surface area contributed by atoms with Crippen LogP contribution in [0.1, 0.15) is 12.5 Å². The number of hydrogen-bond acceptors (Lipinski definition) is 5. The molecule has 1 aromatic heterocycles. The highest BCUT2D eigenvalue weighted by Gasteiger charge is 2.35. The third-order valence-corrected chi connectivity index (χ3v) is 4.57. The van der Waals surface area contributed by atoms with Gasteiger partial charge in [0, 0.05) is 16.3 Å². The van der Waals surface area contributed by atoms with Gasteiger partial charge in [-0.3, -0.25) is 14.9 Å². The predicted molar refractivity (Wildman–Crippen MR) is 104 cm³/mol. The number of anilines is 2. The molecule has 0 bridgehead atoms. The van der Waals surface area contributed by atoms with Crippen molar-refractivity contribution in [2.24, 2.45) is 0 Å². The minimum Gasteiger partial charge on any atom is -0.497 e. The van der Waals surface area contributed by atoms with E-state index in [0.29, 0.717) is 22.5 Å². The molecule has 2 N–H and O–H groups in total. The van der Waals surface area contributed by atoms with Crippen molar-refractivity contribution < 1.29 is 14.3 Å². The number of aromatic nitrogens is 3. The lowest BCUT2D eigenvalue weighted by Crippen LogP contribution is -2.23. The van der Waals surface area contributed by atoms with Gasteiger partial charge in [-0.2, -0.15) is 4.98 Å². The molecule has 0 fully saturated rings. The summed E-state index contributed by atoms with van der Waals surface area (Å²) >= 11 is 5.84. The minimum atomic E-state index is -0.762. The molecule has 1 aliphatic heterocycles. The van der Waals surface area contributed by atoms with E-state index in [1.807, 2.05) is 12.1 Å². The number of amides is 2. The maximum Gasteiger partial charge on any atom is 0.252 e. The van der Waals surface area contributed by atoms with Crippen molar-refractivity contribution >= 4 is 35.1 Å². The fraction of sp³-hybridized carbons (Fsp3) is 0.158. The highest BCUT2D eigenvalue weighted by atomic mass is 35.5. The van der Waals surface area contributed by atoms with Gasteiger partial charge in [0.05, 0.1) is 13.5 Å². The summed E-state index contributed by atoms with van der Waals surface area (Å²) in [5.41, 5.74) is 1.38. The summed E-state index contributed by atoms with van der Waals surface area (Å²) in [5.74, 6) is 0.876. The number of nitrogens with one attached hydrogen (secondary N) is 2. The van der Waals surface area contributed by atoms with E-state index in [1.54, 1.807) is 43.5 Å². The molecule has 0 radical (unpaired) electrons. The largest absolute Gasteiger partial charge is 0.497 e. The van der Waals surface area contributed by atoms with Gasteiger partial charge >= 0.3 is 0 Å². The molecular weight excluding hydrogens is 382 g/mol. The second-order valence-electron chi connectivity index (χ2n) is 6.20. The lowest BCUT2D eigenvalue weighted by molar-refractivity contribution is -0.123. The van der Waals surface area contributed by atoms with E-state index in [4.69, 9.17) is 16.3 Å². The van der Waals surface area contributed by atoms with E-state index in [-0.39, 0.29) is 18.2 Å². The Hall–Kier alpha value is -3.39. The molecule has 0 saturated carbocycles. The Balaban J connectivity index is 1.50. The molecule has 0 spiro atoms. The van der Waals surface area contributed by atoms with E-state index in [0.717, 1.165) is 11.3 Å². The monoisotopic (exact) mass is 397 g/mol. The molecule has 9 heteroatoms. The maximum atomic E-state index is 12.4. The topological polar surface area (TPSA) is 98.1 Å². The van der Waals surface area contributed by atoms with Crippen LogP contribution in [0.2, 0.25) is 5.02 Å². The first-order valence-corrected chi connectivity index (χ1v) is 8.88. The number of carbonyl (C=O) groups excluding carboxylic acids is 2. The van der Waals surface area contributed by atoms with Crippen LogP contribution in [-0.2, 0) is 9.59 Å². The lowest BCUT2D eigenvalue weighted by atomic mass is 10.2. The van der Waals surface area contributed by atoms with E-state index in [1.165, 1.54) is 4.68 Å². The fourth-order valence-corrected chi connectivity index (χ4v) is 3.02. The molecule has 0 unspecified atom stereocenters. The van der Waals surface area contributed by atoms with Crippen molar-refractivity contribution in [3.05, 3.63) is 53.6 Å². The van der Waals surface area contributed by atoms with Gasteiger partial charge in [0.2, 0.25) is 11.9 Å². The van der Waals surface area contributed by atoms with Gasteiger partial charge in [0.1, 0.15) is 11.8 Å². The lowest BCUT2D eigenvalue weighted by Gasteiger charge is -2.10. The Bertz CT molecular complexity index is 1030. The van der Waals surface area contributed by atoms with Gasteiger partial charge in [-0.05, 0) is 48.5 Å². The number of carbonyl (C=O) groups is 2. The van der Waals surface area contributed by atoms with Crippen molar-refractivity contribution in [2.45, 2.75) is 12.5 Å². The average molecular weight is 398 g/mol. The number of ether oxygens (including phenoxy) is 1. The van der Waals surface area contributed by atoms with Crippen LogP contribution in [-0.4, -0.2) is 33.7 Å². The van der Waals surface area contributed by atoms with Crippen molar-refractivity contribution in [1.29, 1.82) is 0 Å². The van der Waals surface area contributed by atoms with Gasteiger partial charge < -0.3 is 10.1 Å². The molecule has 142 valence electrons. The smallest absolute Gasteiger partial charge is 0.252 e. The van der Waals surface area contributed by atoms with Crippen LogP contribution in [0.4, 0.5) is 11.6 Å². The Morgan fingerprint density at radius 3 is 2.61 bits per heavy atom. The molecular formula is C19H16ClN5O3. The Morgan fingerprint density at radius 2 is 1.93 bits per heavy atom. The molecule has 0 aliphatic carbocycles. The standard InChI is InChI=1S/C19H16ClN5O3/c1-28-14-8-2-11(3-9-14)17-22-19-23-18(27)15(25(19)24-17)10-16(26)21-13-6-4-12(20)5-7-13/h2-9,15H,10H2,1H3,(H,21,26)(H,22,23,24,27)/t15-/m0/s1. The molecule has 28 heavy (non-hydrogen) atoms. The molecule has 1 aliphatic rings. The molecule has 2 amide bonds. The minimum absolute atomic E-state index is 0.0626. The summed E-state index contributed by atoms with van der Waals surface area (Å²) in [6.45, 7) is 0. The summed E-state index contributed by atoms with van der Waals surface area (Å²) < 4.78 is 6.59. The number of benzene rings is 2. The van der Waals surface area contributed by atoms with E-state index in [9.17, 15) is 9.59 Å². The highest BCUT2D eigenvalue weighted by Crippen LogP contribution is 2.29. The molecule has 2 aromatic carbocycles. The number of fused-ring (bicyclic) bond motifs is 1. The first-order chi connectivity index (χ1) is 13.5. The van der Waals surface area contributed by atoms with Gasteiger partial charge in [-0.1, -0.05) is 11.6 Å². The van der Waals surface area contributed by atoms with Crippen molar-refractivity contribution in [3.8, 4) is 17.1 Å². The van der Waals surface area contributed by atoms with E-state index >= 15 is 0 Å². The van der Waals surface area contributed by atoms with Crippen LogP contribution in [0, 0.1) is 0 Å². The van der Waals surface area contributed by atoms with E-state index < -0.39 is 6.04 Å². The molecule has 3 aromatic rings. The van der Waals surface area contributed by atoms with Gasteiger partial charge in [0.25, 0.3) is 5.91 Å². The van der Waals surface area contributed by atoms with Crippen LogP contribution in [0.25, 0.3) is 11.4 Å². The Labute approximate surface area is 165 Å². The second-order valence-corrected chi connectivity index (χ2v) is 6.63. The summed E-state index contributed by atoms with van der Waals surface area (Å²) in [6.07, 6.45) is -0.0626. The Kier molecular flexibility index (Phi) is 4.70. The summed E-state index contributed by atoms with van der Waals surface area (Å²) in [4.78, 5) is 28.9. The quantitative estimate of drug-likeness (QED) is 0.689. The predicted octanol–water partition coefficient (Wildman–Crippen LogP) is 3.13. The van der Waals surface area contributed by atoms with E-state index in [2.05, 4.69) is 20.7 Å². The molecule has 2 heterocycles. The van der Waals surface area contributed by atoms with Gasteiger partial charge in [0.15, 0.2) is 5.82 Å². The van der Waals surface area contributed by atoms with Crippen molar-refractivity contribution in [2.75, 3.05) is 17.7 Å². The zero-order chi connectivity index (χ0) is 19.7. The normalized spacial score (nSPS) is 15.1. The summed E-state index contributed by atoms with van der Waals surface area (Å²) in [5, 5.41) is 10.4. The number of hydrogen-bond donors (Lipinski definition) is 2. The van der Waals surface area contributed by atoms with Gasteiger partial charge in [-0.25, -0.2) is 4.68 Å². The molecule has 0 saturated heterocycles. The highest BCUT2D eigenvalue weighted by molar-refractivity contribution is 6.30. The second kappa shape index (κ2) is 7.32. The third kappa shape index (κ3) is 3.54. The molecule has 8 nitrogen and oxygen atoms in total. The molecule has 1 atom stereocenters.